The Balaban J connectivity index is 1.41. The van der Waals surface area contributed by atoms with E-state index in [4.69, 9.17) is 4.74 Å². The highest BCUT2D eigenvalue weighted by atomic mass is 19.3. The lowest BCUT2D eigenvalue weighted by atomic mass is 9.92. The van der Waals surface area contributed by atoms with E-state index in [-0.39, 0.29) is 23.7 Å². The van der Waals surface area contributed by atoms with E-state index >= 15 is 0 Å². The Labute approximate surface area is 205 Å². The van der Waals surface area contributed by atoms with Gasteiger partial charge in [-0.05, 0) is 61.6 Å². The number of amides is 1. The molecule has 4 bridgehead atoms. The van der Waals surface area contributed by atoms with Crippen LogP contribution in [0.15, 0.2) is 61.1 Å². The topological polar surface area (TPSA) is 94.8 Å². The Morgan fingerprint density at radius 1 is 1.03 bits per heavy atom. The van der Waals surface area contributed by atoms with Gasteiger partial charge in [0.1, 0.15) is 29.3 Å². The number of nitrogens with zero attached hydrogens (tertiary/aromatic N) is 5. The molecule has 1 amide bonds. The first-order valence-corrected chi connectivity index (χ1v) is 11.8. The van der Waals surface area contributed by atoms with E-state index in [0.29, 0.717) is 39.8 Å². The number of alkyl halides is 2. The SMILES string of the molecule is O=C1Nc2cccc(n2)-c2nncn2[C@H]2CC[C@H](CC2)Oc2ccc(-c3ccc(C(F)F)nc3)cc21. The van der Waals surface area contributed by atoms with Crippen molar-refractivity contribution in [2.45, 2.75) is 44.3 Å². The summed E-state index contributed by atoms with van der Waals surface area (Å²) in [6.07, 6.45) is 3.84. The van der Waals surface area contributed by atoms with Gasteiger partial charge in [0, 0.05) is 17.8 Å². The third kappa shape index (κ3) is 4.19. The van der Waals surface area contributed by atoms with Crippen LogP contribution < -0.4 is 10.1 Å². The molecule has 8 nitrogen and oxygen atoms in total. The van der Waals surface area contributed by atoms with E-state index in [1.807, 2.05) is 18.2 Å². The van der Waals surface area contributed by atoms with Crippen LogP contribution in [0.3, 0.4) is 0 Å². The van der Waals surface area contributed by atoms with Crippen molar-refractivity contribution in [1.29, 1.82) is 0 Å². The van der Waals surface area contributed by atoms with Crippen molar-refractivity contribution < 1.29 is 18.3 Å². The van der Waals surface area contributed by atoms with E-state index in [2.05, 4.69) is 30.0 Å². The maximum atomic E-state index is 13.4. The molecule has 0 spiro atoms. The molecule has 2 aliphatic heterocycles. The fourth-order valence-corrected chi connectivity index (χ4v) is 4.82. The number of hydrogen-bond acceptors (Lipinski definition) is 6. The number of aromatic nitrogens is 5. The van der Waals surface area contributed by atoms with Crippen LogP contribution in [-0.4, -0.2) is 36.7 Å². The third-order valence-electron chi connectivity index (χ3n) is 6.69. The average Bonchev–Trinajstić information content (AvgIpc) is 3.39. The number of fused-ring (bicyclic) bond motifs is 3. The van der Waals surface area contributed by atoms with Crippen molar-refractivity contribution in [2.24, 2.45) is 0 Å². The smallest absolute Gasteiger partial charge is 0.280 e. The summed E-state index contributed by atoms with van der Waals surface area (Å²) in [6, 6.07) is 13.7. The standard InChI is InChI=1S/C26H22F2N6O2/c27-24(28)20-10-4-16(13-29-20)15-5-11-22-19(12-15)26(35)32-23-3-1-2-21(31-23)25-33-30-14-34(25)17-6-8-18(36-22)9-7-17/h1-5,10-14,17-18,24H,6-9H2,(H,31,32,35)/t17-,18+. The number of carbonyl (C=O) groups excluding carboxylic acids is 1. The largest absolute Gasteiger partial charge is 0.490 e. The van der Waals surface area contributed by atoms with Crippen molar-refractivity contribution in [2.75, 3.05) is 5.32 Å². The van der Waals surface area contributed by atoms with Gasteiger partial charge in [0.25, 0.3) is 12.3 Å². The molecule has 5 heterocycles. The molecule has 0 radical (unpaired) electrons. The van der Waals surface area contributed by atoms with Crippen molar-refractivity contribution >= 4 is 11.7 Å². The molecule has 3 aliphatic rings. The highest BCUT2D eigenvalue weighted by Crippen LogP contribution is 2.36. The molecule has 1 saturated carbocycles. The van der Waals surface area contributed by atoms with Crippen LogP contribution in [0.5, 0.6) is 5.75 Å². The fourth-order valence-electron chi connectivity index (χ4n) is 4.82. The summed E-state index contributed by atoms with van der Waals surface area (Å²) >= 11 is 0. The molecule has 1 N–H and O–H groups in total. The summed E-state index contributed by atoms with van der Waals surface area (Å²) in [6.45, 7) is 0. The lowest BCUT2D eigenvalue weighted by Crippen LogP contribution is -2.27. The third-order valence-corrected chi connectivity index (χ3v) is 6.69. The van der Waals surface area contributed by atoms with Gasteiger partial charge in [0.2, 0.25) is 0 Å². The molecule has 3 aromatic heterocycles. The van der Waals surface area contributed by atoms with Gasteiger partial charge in [-0.15, -0.1) is 10.2 Å². The second-order valence-corrected chi connectivity index (χ2v) is 8.96. The number of nitrogens with one attached hydrogen (secondary N) is 1. The quantitative estimate of drug-likeness (QED) is 0.402. The number of carbonyl (C=O) groups is 1. The molecule has 1 fully saturated rings. The van der Waals surface area contributed by atoms with Crippen LogP contribution in [-0.2, 0) is 0 Å². The minimum Gasteiger partial charge on any atom is -0.490 e. The fraction of sp³-hybridized carbons (Fsp3) is 0.269. The van der Waals surface area contributed by atoms with Crippen LogP contribution in [0.4, 0.5) is 14.6 Å². The molecule has 0 atom stereocenters. The molecular formula is C26H22F2N6O2. The van der Waals surface area contributed by atoms with Gasteiger partial charge in [-0.1, -0.05) is 18.2 Å². The molecule has 1 aromatic carbocycles. The number of anilines is 1. The minimum absolute atomic E-state index is 0.0375. The molecule has 36 heavy (non-hydrogen) atoms. The molecule has 7 rings (SSSR count). The molecule has 0 saturated heterocycles. The van der Waals surface area contributed by atoms with E-state index in [9.17, 15) is 13.6 Å². The number of benzene rings is 1. The zero-order valence-corrected chi connectivity index (χ0v) is 19.1. The van der Waals surface area contributed by atoms with Gasteiger partial charge in [0.05, 0.1) is 11.7 Å². The van der Waals surface area contributed by atoms with Crippen LogP contribution in [0.1, 0.15) is 54.2 Å². The molecular weight excluding hydrogens is 466 g/mol. The molecule has 4 aromatic rings. The Hall–Kier alpha value is -4.21. The van der Waals surface area contributed by atoms with Crippen molar-refractivity contribution in [3.05, 3.63) is 72.3 Å². The van der Waals surface area contributed by atoms with E-state index in [1.54, 1.807) is 30.6 Å². The molecule has 10 heteroatoms. The molecule has 182 valence electrons. The zero-order valence-electron chi connectivity index (χ0n) is 19.1. The second kappa shape index (κ2) is 9.10. The maximum Gasteiger partial charge on any atom is 0.280 e. The van der Waals surface area contributed by atoms with Crippen LogP contribution in [0.25, 0.3) is 22.6 Å². The van der Waals surface area contributed by atoms with Crippen LogP contribution >= 0.6 is 0 Å². The maximum absolute atomic E-state index is 13.4. The highest BCUT2D eigenvalue weighted by molar-refractivity contribution is 6.06. The van der Waals surface area contributed by atoms with Gasteiger partial charge in [0.15, 0.2) is 5.82 Å². The first kappa shape index (κ1) is 22.3. The number of pyridine rings is 2. The van der Waals surface area contributed by atoms with Crippen molar-refractivity contribution in [3.8, 4) is 28.4 Å². The Bertz CT molecular complexity index is 1410. The lowest BCUT2D eigenvalue weighted by molar-refractivity contribution is 0.100. The zero-order chi connectivity index (χ0) is 24.6. The molecule has 1 aliphatic carbocycles. The second-order valence-electron chi connectivity index (χ2n) is 8.96. The van der Waals surface area contributed by atoms with E-state index in [0.717, 1.165) is 25.7 Å². The van der Waals surface area contributed by atoms with Gasteiger partial charge in [-0.3, -0.25) is 9.78 Å². The van der Waals surface area contributed by atoms with Crippen molar-refractivity contribution in [3.63, 3.8) is 0 Å². The minimum atomic E-state index is -2.64. The Morgan fingerprint density at radius 2 is 1.86 bits per heavy atom. The van der Waals surface area contributed by atoms with Crippen LogP contribution in [0.2, 0.25) is 0 Å². The molecule has 0 unspecified atom stereocenters. The van der Waals surface area contributed by atoms with Crippen LogP contribution in [0, 0.1) is 0 Å². The normalized spacial score (nSPS) is 19.1. The Kier molecular flexibility index (Phi) is 5.63. The summed E-state index contributed by atoms with van der Waals surface area (Å²) in [5, 5.41) is 11.3. The van der Waals surface area contributed by atoms with Crippen molar-refractivity contribution in [1.82, 2.24) is 24.7 Å². The Morgan fingerprint density at radius 3 is 2.64 bits per heavy atom. The lowest BCUT2D eigenvalue weighted by Gasteiger charge is -2.31. The van der Waals surface area contributed by atoms with Gasteiger partial charge in [-0.2, -0.15) is 0 Å². The number of halogens is 2. The predicted octanol–water partition coefficient (Wildman–Crippen LogP) is 5.47. The number of hydrogen-bond donors (Lipinski definition) is 1. The monoisotopic (exact) mass is 488 g/mol. The summed E-state index contributed by atoms with van der Waals surface area (Å²) in [5.41, 5.74) is 1.95. The summed E-state index contributed by atoms with van der Waals surface area (Å²) in [4.78, 5) is 21.9. The predicted molar refractivity (Wildman–Crippen MR) is 128 cm³/mol. The van der Waals surface area contributed by atoms with E-state index < -0.39 is 6.43 Å². The first-order valence-electron chi connectivity index (χ1n) is 11.8. The first-order chi connectivity index (χ1) is 17.5. The number of rotatable bonds is 2. The summed E-state index contributed by atoms with van der Waals surface area (Å²) in [5.74, 6) is 1.11. The van der Waals surface area contributed by atoms with Gasteiger partial charge in [-0.25, -0.2) is 13.8 Å². The highest BCUT2D eigenvalue weighted by Gasteiger charge is 2.28. The summed E-state index contributed by atoms with van der Waals surface area (Å²) < 4.78 is 34.2. The van der Waals surface area contributed by atoms with Gasteiger partial charge < -0.3 is 14.6 Å². The average molecular weight is 488 g/mol. The van der Waals surface area contributed by atoms with E-state index in [1.165, 1.54) is 12.3 Å². The van der Waals surface area contributed by atoms with Gasteiger partial charge >= 0.3 is 0 Å². The summed E-state index contributed by atoms with van der Waals surface area (Å²) in [7, 11) is 0. The number of ether oxygens (including phenoxy) is 1.